The summed E-state index contributed by atoms with van der Waals surface area (Å²) in [6.07, 6.45) is 1.53. The van der Waals surface area contributed by atoms with Crippen molar-refractivity contribution in [2.75, 3.05) is 6.16 Å². The van der Waals surface area contributed by atoms with Gasteiger partial charge >= 0.3 is 7.80 Å². The third-order valence-electron chi connectivity index (χ3n) is 4.23. The molecule has 2 aromatic carbocycles. The summed E-state index contributed by atoms with van der Waals surface area (Å²) in [5.41, 5.74) is 4.42. The van der Waals surface area contributed by atoms with Crippen molar-refractivity contribution in [3.63, 3.8) is 0 Å². The summed E-state index contributed by atoms with van der Waals surface area (Å²) in [5, 5.41) is 0.692. The molecule has 0 N–H and O–H groups in total. The summed E-state index contributed by atoms with van der Waals surface area (Å²) in [6.45, 7) is 10.2. The number of aryl methyl sites for hydroxylation is 3. The highest BCUT2D eigenvalue weighted by atomic mass is 31.1. The fourth-order valence-electron chi connectivity index (χ4n) is 3.05. The van der Waals surface area contributed by atoms with Gasteiger partial charge in [0.1, 0.15) is 0 Å². The van der Waals surface area contributed by atoms with Crippen molar-refractivity contribution in [1.29, 1.82) is 0 Å². The molecule has 0 fully saturated rings. The summed E-state index contributed by atoms with van der Waals surface area (Å²) in [7, 11) is -1.55. The van der Waals surface area contributed by atoms with Crippen molar-refractivity contribution in [2.45, 2.75) is 41.0 Å². The Morgan fingerprint density at radius 2 is 1.62 bits per heavy atom. The van der Waals surface area contributed by atoms with Crippen LogP contribution in [0.5, 0.6) is 0 Å². The Hall–Kier alpha value is -1.79. The van der Waals surface area contributed by atoms with E-state index in [9.17, 15) is 9.36 Å². The van der Waals surface area contributed by atoms with E-state index in [1.54, 1.807) is 6.07 Å². The first kappa shape index (κ1) is 18.5. The molecule has 126 valence electrons. The number of hydrogen-bond donors (Lipinski definition) is 0. The number of ketones is 1. The zero-order valence-electron chi connectivity index (χ0n) is 15.2. The summed E-state index contributed by atoms with van der Waals surface area (Å²) in [4.78, 5) is 13.1. The second-order valence-electron chi connectivity index (χ2n) is 6.90. The molecule has 0 aromatic heterocycles. The zero-order valence-corrected chi connectivity index (χ0v) is 16.1. The van der Waals surface area contributed by atoms with Crippen molar-refractivity contribution in [3.8, 4) is 0 Å². The number of carbonyl (C=O) groups is 1. The van der Waals surface area contributed by atoms with Crippen molar-refractivity contribution in [3.05, 3.63) is 64.2 Å². The SMILES string of the molecule is Cc1cc(C)c(C(=O)c2ccccc2[P+](=O)CCC(C)C)c(C)c1. The van der Waals surface area contributed by atoms with Gasteiger partial charge in [0.15, 0.2) is 11.9 Å². The van der Waals surface area contributed by atoms with Crippen LogP contribution in [0, 0.1) is 26.7 Å². The van der Waals surface area contributed by atoms with Crippen LogP contribution in [0.15, 0.2) is 36.4 Å². The maximum atomic E-state index is 13.1. The Morgan fingerprint density at radius 3 is 2.21 bits per heavy atom. The minimum Gasteiger partial charge on any atom is -0.288 e. The lowest BCUT2D eigenvalue weighted by Gasteiger charge is -2.10. The minimum absolute atomic E-state index is 0.0199. The third kappa shape index (κ3) is 4.19. The van der Waals surface area contributed by atoms with Crippen LogP contribution in [-0.2, 0) is 4.57 Å². The highest BCUT2D eigenvalue weighted by Gasteiger charge is 2.28. The van der Waals surface area contributed by atoms with E-state index in [4.69, 9.17) is 0 Å². The molecule has 0 bridgehead atoms. The molecule has 0 amide bonds. The third-order valence-corrected chi connectivity index (χ3v) is 5.82. The van der Waals surface area contributed by atoms with E-state index in [1.165, 1.54) is 0 Å². The van der Waals surface area contributed by atoms with E-state index in [2.05, 4.69) is 13.8 Å². The predicted octanol–water partition coefficient (Wildman–Crippen LogP) is 5.34. The van der Waals surface area contributed by atoms with Gasteiger partial charge in [-0.1, -0.05) is 48.2 Å². The molecule has 0 radical (unpaired) electrons. The van der Waals surface area contributed by atoms with Crippen molar-refractivity contribution in [1.82, 2.24) is 0 Å². The molecular weight excluding hydrogens is 315 g/mol. The van der Waals surface area contributed by atoms with Crippen LogP contribution in [-0.4, -0.2) is 11.9 Å². The van der Waals surface area contributed by atoms with Gasteiger partial charge in [-0.3, -0.25) is 4.79 Å². The fourth-order valence-corrected chi connectivity index (χ4v) is 4.74. The quantitative estimate of drug-likeness (QED) is 0.525. The molecule has 0 saturated carbocycles. The Labute approximate surface area is 146 Å². The van der Waals surface area contributed by atoms with Gasteiger partial charge in [0, 0.05) is 5.56 Å². The molecule has 2 aromatic rings. The monoisotopic (exact) mass is 341 g/mol. The second-order valence-corrected chi connectivity index (χ2v) is 8.59. The first-order valence-electron chi connectivity index (χ1n) is 8.47. The first-order chi connectivity index (χ1) is 11.3. The smallest absolute Gasteiger partial charge is 0.288 e. The molecule has 24 heavy (non-hydrogen) atoms. The largest absolute Gasteiger partial charge is 0.377 e. The Balaban J connectivity index is 2.43. The predicted molar refractivity (Wildman–Crippen MR) is 102 cm³/mol. The van der Waals surface area contributed by atoms with Crippen LogP contribution in [0.25, 0.3) is 0 Å². The number of rotatable bonds is 6. The van der Waals surface area contributed by atoms with Gasteiger partial charge < -0.3 is 0 Å². The topological polar surface area (TPSA) is 34.1 Å². The molecule has 0 heterocycles. The van der Waals surface area contributed by atoms with Gasteiger partial charge in [0.05, 0.1) is 5.56 Å². The van der Waals surface area contributed by atoms with Crippen LogP contribution in [0.2, 0.25) is 0 Å². The lowest BCUT2D eigenvalue weighted by molar-refractivity contribution is 0.103. The molecule has 2 nitrogen and oxygen atoms in total. The minimum atomic E-state index is -1.55. The zero-order chi connectivity index (χ0) is 17.9. The van der Waals surface area contributed by atoms with Crippen LogP contribution in [0.3, 0.4) is 0 Å². The summed E-state index contributed by atoms with van der Waals surface area (Å²) < 4.78 is 12.7. The fraction of sp³-hybridized carbons (Fsp3) is 0.381. The Morgan fingerprint density at radius 1 is 1.04 bits per heavy atom. The van der Waals surface area contributed by atoms with Crippen molar-refractivity contribution < 1.29 is 9.36 Å². The van der Waals surface area contributed by atoms with E-state index >= 15 is 0 Å². The molecule has 1 unspecified atom stereocenters. The van der Waals surface area contributed by atoms with E-state index in [1.807, 2.05) is 51.1 Å². The molecule has 0 saturated heterocycles. The first-order valence-corrected chi connectivity index (χ1v) is 9.92. The maximum Gasteiger partial charge on any atom is 0.377 e. The highest BCUT2D eigenvalue weighted by Crippen LogP contribution is 2.27. The van der Waals surface area contributed by atoms with Gasteiger partial charge in [-0.25, -0.2) is 0 Å². The van der Waals surface area contributed by atoms with Crippen LogP contribution in [0.4, 0.5) is 0 Å². The lowest BCUT2D eigenvalue weighted by Crippen LogP contribution is -2.16. The van der Waals surface area contributed by atoms with Gasteiger partial charge in [-0.05, 0) is 56.4 Å². The maximum absolute atomic E-state index is 13.1. The Kier molecular flexibility index (Phi) is 6.07. The van der Waals surface area contributed by atoms with Crippen LogP contribution >= 0.6 is 7.80 Å². The van der Waals surface area contributed by atoms with Crippen molar-refractivity contribution in [2.24, 2.45) is 5.92 Å². The normalized spacial score (nSPS) is 11.7. The summed E-state index contributed by atoms with van der Waals surface area (Å²) in [5.74, 6) is 0.488. The number of benzene rings is 2. The van der Waals surface area contributed by atoms with Gasteiger partial charge in [-0.2, -0.15) is 0 Å². The molecule has 2 rings (SSSR count). The molecule has 0 aliphatic heterocycles. The van der Waals surface area contributed by atoms with Gasteiger partial charge in [-0.15, -0.1) is 0 Å². The molecule has 0 aliphatic rings. The van der Waals surface area contributed by atoms with Crippen LogP contribution in [0.1, 0.15) is 52.9 Å². The average molecular weight is 341 g/mol. The molecule has 1 atom stereocenters. The highest BCUT2D eigenvalue weighted by molar-refractivity contribution is 7.53. The van der Waals surface area contributed by atoms with E-state index < -0.39 is 7.80 Å². The molecule has 0 spiro atoms. The van der Waals surface area contributed by atoms with Gasteiger partial charge in [0.25, 0.3) is 0 Å². The molecule has 0 aliphatic carbocycles. The Bertz CT molecular complexity index is 752. The molecule has 3 heteroatoms. The lowest BCUT2D eigenvalue weighted by atomic mass is 9.93. The van der Waals surface area contributed by atoms with Crippen molar-refractivity contribution >= 4 is 18.9 Å². The second kappa shape index (κ2) is 7.85. The van der Waals surface area contributed by atoms with Gasteiger partial charge in [0.2, 0.25) is 5.30 Å². The van der Waals surface area contributed by atoms with E-state index in [0.29, 0.717) is 22.9 Å². The standard InChI is InChI=1S/C21H26O2P/c1-14(2)10-11-24(23)19-9-7-6-8-18(19)21(22)20-16(4)12-15(3)13-17(20)5/h6-9,12-14H,10-11H2,1-5H3/q+1. The molecular formula is C21H26O2P+. The van der Waals surface area contributed by atoms with E-state index in [0.717, 1.165) is 28.7 Å². The van der Waals surface area contributed by atoms with Crippen LogP contribution < -0.4 is 5.30 Å². The number of hydrogen-bond acceptors (Lipinski definition) is 2. The summed E-state index contributed by atoms with van der Waals surface area (Å²) >= 11 is 0. The van der Waals surface area contributed by atoms with E-state index in [-0.39, 0.29) is 5.78 Å². The number of carbonyl (C=O) groups excluding carboxylic acids is 1. The summed E-state index contributed by atoms with van der Waals surface area (Å²) in [6, 6.07) is 11.4. The average Bonchev–Trinajstić information content (AvgIpc) is 2.51.